The normalized spacial score (nSPS) is 11.5. The van der Waals surface area contributed by atoms with Crippen LogP contribution in [0.2, 0.25) is 10.0 Å². The molecule has 0 unspecified atom stereocenters. The van der Waals surface area contributed by atoms with Gasteiger partial charge in [0.1, 0.15) is 5.65 Å². The van der Waals surface area contributed by atoms with Gasteiger partial charge in [-0.25, -0.2) is 4.98 Å². The van der Waals surface area contributed by atoms with E-state index in [0.717, 1.165) is 55.7 Å². The number of hydrogen-bond donors (Lipinski definition) is 0. The number of halogens is 2. The molecule has 0 amide bonds. The van der Waals surface area contributed by atoms with E-state index in [-0.39, 0.29) is 0 Å². The second-order valence-corrected chi connectivity index (χ2v) is 9.81. The number of aryl methyl sites for hydroxylation is 2. The number of pyridine rings is 1. The molecule has 0 fully saturated rings. The summed E-state index contributed by atoms with van der Waals surface area (Å²) in [5, 5.41) is 2.39. The molecule has 3 aromatic heterocycles. The first-order valence-electron chi connectivity index (χ1n) is 12.0. The highest BCUT2D eigenvalue weighted by Crippen LogP contribution is 2.40. The maximum absolute atomic E-state index is 7.00. The topological polar surface area (TPSA) is 22.8 Å². The molecule has 0 radical (unpaired) electrons. The van der Waals surface area contributed by atoms with Gasteiger partial charge in [0.15, 0.2) is 0 Å². The second-order valence-electron chi connectivity index (χ2n) is 9.06. The molecule has 0 aliphatic carbocycles. The molecule has 0 spiro atoms. The summed E-state index contributed by atoms with van der Waals surface area (Å²) in [7, 11) is 3.99. The number of fused-ring (bicyclic) bond motifs is 1. The number of benzene rings is 2. The fraction of sp³-hybridized carbons (Fsp3) is 0.0938. The molecule has 0 saturated carbocycles. The molecule has 2 aromatic carbocycles. The van der Waals surface area contributed by atoms with Crippen molar-refractivity contribution in [1.82, 2.24) is 14.1 Å². The quantitative estimate of drug-likeness (QED) is 0.208. The van der Waals surface area contributed by atoms with Crippen LogP contribution in [0.3, 0.4) is 0 Å². The van der Waals surface area contributed by atoms with Crippen LogP contribution in [-0.2, 0) is 20.5 Å². The lowest BCUT2D eigenvalue weighted by Crippen LogP contribution is -1.93. The van der Waals surface area contributed by atoms with E-state index in [1.807, 2.05) is 78.0 Å². The molecule has 0 N–H and O–H groups in total. The van der Waals surface area contributed by atoms with Crippen LogP contribution in [0.25, 0.3) is 51.6 Å². The van der Waals surface area contributed by atoms with Gasteiger partial charge in [-0.2, -0.15) is 0 Å². The van der Waals surface area contributed by atoms with Crippen LogP contribution < -0.4 is 0 Å². The molecule has 3 heterocycles. The highest BCUT2D eigenvalue weighted by molar-refractivity contribution is 6.38. The summed E-state index contributed by atoms with van der Waals surface area (Å²) in [6.45, 7) is 7.81. The molecule has 0 bridgehead atoms. The molecule has 37 heavy (non-hydrogen) atoms. The van der Waals surface area contributed by atoms with E-state index in [1.54, 1.807) is 0 Å². The van der Waals surface area contributed by atoms with E-state index in [9.17, 15) is 0 Å². The van der Waals surface area contributed by atoms with Crippen molar-refractivity contribution in [3.63, 3.8) is 0 Å². The average Bonchev–Trinajstić information content (AvgIpc) is 3.43. The SMILES string of the molecule is C=Cc1cn(C)cc1/C=C\Cc1cccc(-c2cccc(-c3ccc4c(C=C)cn(C)c4n3)c2Cl)c1Cl. The number of aromatic nitrogens is 3. The van der Waals surface area contributed by atoms with Crippen LogP contribution in [0.15, 0.2) is 86.4 Å². The fourth-order valence-electron chi connectivity index (χ4n) is 4.73. The fourth-order valence-corrected chi connectivity index (χ4v) is 5.36. The van der Waals surface area contributed by atoms with E-state index in [4.69, 9.17) is 28.2 Å². The standard InChI is InChI=1S/C32H27Cl2N3/c1-5-21-18-36(3)19-24(21)12-7-10-23-11-8-13-26(30(23)33)27-14-9-15-28(31(27)34)29-17-16-25-22(6-2)20-37(4)32(25)35-29/h5-9,11-20H,1-2,10H2,3-4H3/b12-7-. The Kier molecular flexibility index (Phi) is 6.92. The first-order valence-corrected chi connectivity index (χ1v) is 12.8. The van der Waals surface area contributed by atoms with Gasteiger partial charge in [-0.05, 0) is 35.2 Å². The monoisotopic (exact) mass is 523 g/mol. The third-order valence-electron chi connectivity index (χ3n) is 6.59. The molecule has 0 aliphatic rings. The van der Waals surface area contributed by atoms with Gasteiger partial charge in [-0.1, -0.05) is 97.1 Å². The largest absolute Gasteiger partial charge is 0.356 e. The van der Waals surface area contributed by atoms with Crippen molar-refractivity contribution in [1.29, 1.82) is 0 Å². The smallest absolute Gasteiger partial charge is 0.140 e. The van der Waals surface area contributed by atoms with E-state index >= 15 is 0 Å². The molecule has 0 aliphatic heterocycles. The van der Waals surface area contributed by atoms with Gasteiger partial charge in [0, 0.05) is 60.3 Å². The van der Waals surface area contributed by atoms with Crippen LogP contribution in [0.1, 0.15) is 22.3 Å². The van der Waals surface area contributed by atoms with E-state index in [1.165, 1.54) is 0 Å². The summed E-state index contributed by atoms with van der Waals surface area (Å²) in [6, 6.07) is 16.2. The van der Waals surface area contributed by atoms with E-state index in [0.29, 0.717) is 16.5 Å². The Morgan fingerprint density at radius 2 is 1.46 bits per heavy atom. The summed E-state index contributed by atoms with van der Waals surface area (Å²) in [5.74, 6) is 0. The average molecular weight is 524 g/mol. The molecule has 5 heteroatoms. The summed E-state index contributed by atoms with van der Waals surface area (Å²) in [5.41, 5.74) is 8.67. The van der Waals surface area contributed by atoms with Gasteiger partial charge in [-0.3, -0.25) is 0 Å². The Morgan fingerprint density at radius 3 is 2.22 bits per heavy atom. The van der Waals surface area contributed by atoms with E-state index in [2.05, 4.69) is 49.8 Å². The van der Waals surface area contributed by atoms with Crippen molar-refractivity contribution < 1.29 is 0 Å². The van der Waals surface area contributed by atoms with Crippen LogP contribution in [0.5, 0.6) is 0 Å². The zero-order valence-electron chi connectivity index (χ0n) is 20.9. The van der Waals surface area contributed by atoms with Gasteiger partial charge in [-0.15, -0.1) is 0 Å². The van der Waals surface area contributed by atoms with Gasteiger partial charge in [0.2, 0.25) is 0 Å². The molecule has 3 nitrogen and oxygen atoms in total. The maximum atomic E-state index is 7.00. The Balaban J connectivity index is 1.49. The Morgan fingerprint density at radius 1 is 0.784 bits per heavy atom. The van der Waals surface area contributed by atoms with Crippen molar-refractivity contribution in [3.05, 3.63) is 119 Å². The molecular formula is C32H27Cl2N3. The minimum absolute atomic E-state index is 0.627. The Labute approximate surface area is 227 Å². The third kappa shape index (κ3) is 4.69. The zero-order valence-corrected chi connectivity index (χ0v) is 22.4. The minimum atomic E-state index is 0.627. The lowest BCUT2D eigenvalue weighted by molar-refractivity contribution is 0.926. The second kappa shape index (κ2) is 10.3. The maximum Gasteiger partial charge on any atom is 0.140 e. The van der Waals surface area contributed by atoms with Gasteiger partial charge >= 0.3 is 0 Å². The molecular weight excluding hydrogens is 497 g/mol. The Bertz CT molecular complexity index is 1680. The summed E-state index contributed by atoms with van der Waals surface area (Å²) < 4.78 is 4.04. The predicted molar refractivity (Wildman–Crippen MR) is 160 cm³/mol. The summed E-state index contributed by atoms with van der Waals surface area (Å²) >= 11 is 13.9. The van der Waals surface area contributed by atoms with Crippen LogP contribution in [-0.4, -0.2) is 14.1 Å². The van der Waals surface area contributed by atoms with Crippen LogP contribution in [0, 0.1) is 0 Å². The minimum Gasteiger partial charge on any atom is -0.356 e. The van der Waals surface area contributed by atoms with Crippen LogP contribution in [0.4, 0.5) is 0 Å². The van der Waals surface area contributed by atoms with Crippen LogP contribution >= 0.6 is 23.2 Å². The molecule has 5 aromatic rings. The first-order chi connectivity index (χ1) is 17.9. The third-order valence-corrected chi connectivity index (χ3v) is 7.44. The number of rotatable bonds is 7. The van der Waals surface area contributed by atoms with E-state index < -0.39 is 0 Å². The highest BCUT2D eigenvalue weighted by Gasteiger charge is 2.16. The van der Waals surface area contributed by atoms with Crippen molar-refractivity contribution >= 4 is 52.5 Å². The van der Waals surface area contributed by atoms with Gasteiger partial charge in [0.05, 0.1) is 15.7 Å². The number of allylic oxidation sites excluding steroid dienone is 1. The number of nitrogens with zero attached hydrogens (tertiary/aromatic N) is 3. The lowest BCUT2D eigenvalue weighted by Gasteiger charge is -2.13. The number of hydrogen-bond acceptors (Lipinski definition) is 1. The lowest BCUT2D eigenvalue weighted by atomic mass is 9.98. The van der Waals surface area contributed by atoms with Crippen molar-refractivity contribution in [2.45, 2.75) is 6.42 Å². The Hall–Kier alpha value is -3.79. The van der Waals surface area contributed by atoms with Crippen molar-refractivity contribution in [3.8, 4) is 22.4 Å². The first kappa shape index (κ1) is 24.9. The summed E-state index contributed by atoms with van der Waals surface area (Å²) in [4.78, 5) is 4.91. The van der Waals surface area contributed by atoms with Gasteiger partial charge < -0.3 is 9.13 Å². The van der Waals surface area contributed by atoms with Crippen molar-refractivity contribution in [2.24, 2.45) is 14.1 Å². The van der Waals surface area contributed by atoms with Crippen molar-refractivity contribution in [2.75, 3.05) is 0 Å². The molecule has 0 atom stereocenters. The summed E-state index contributed by atoms with van der Waals surface area (Å²) in [6.07, 6.45) is 14.8. The molecule has 0 saturated heterocycles. The molecule has 184 valence electrons. The van der Waals surface area contributed by atoms with Gasteiger partial charge in [0.25, 0.3) is 0 Å². The molecule has 5 rings (SSSR count). The highest BCUT2D eigenvalue weighted by atomic mass is 35.5. The zero-order chi connectivity index (χ0) is 26.1. The predicted octanol–water partition coefficient (Wildman–Crippen LogP) is 9.09.